The van der Waals surface area contributed by atoms with Gasteiger partial charge >= 0.3 is 5.97 Å². The molecular weight excluding hydrogens is 305 g/mol. The van der Waals surface area contributed by atoms with Gasteiger partial charge in [-0.15, -0.1) is 0 Å². The molecule has 7 nitrogen and oxygen atoms in total. The molecule has 1 aromatic heterocycles. The maximum absolute atomic E-state index is 13.7. The minimum Gasteiger partial charge on any atom is -0.478 e. The first-order valence-corrected chi connectivity index (χ1v) is 7.02. The Morgan fingerprint density at radius 1 is 1.39 bits per heavy atom. The Balaban J connectivity index is 1.93. The Labute approximate surface area is 131 Å². The average Bonchev–Trinajstić information content (AvgIpc) is 2.96. The molecule has 1 amide bonds. The van der Waals surface area contributed by atoms with E-state index in [1.807, 2.05) is 13.8 Å². The maximum Gasteiger partial charge on any atom is 0.335 e. The van der Waals surface area contributed by atoms with E-state index in [-0.39, 0.29) is 30.0 Å². The van der Waals surface area contributed by atoms with E-state index in [4.69, 9.17) is 9.63 Å². The van der Waals surface area contributed by atoms with Crippen molar-refractivity contribution >= 4 is 17.6 Å². The molecule has 2 N–H and O–H groups in total. The van der Waals surface area contributed by atoms with Crippen molar-refractivity contribution in [3.8, 4) is 0 Å². The number of rotatable bonds is 6. The fraction of sp³-hybridized carbons (Fsp3) is 0.333. The number of amides is 1. The lowest BCUT2D eigenvalue weighted by Crippen LogP contribution is -2.14. The second-order valence-corrected chi connectivity index (χ2v) is 5.25. The summed E-state index contributed by atoms with van der Waals surface area (Å²) in [4.78, 5) is 26.7. The van der Waals surface area contributed by atoms with Crippen LogP contribution in [0.1, 0.15) is 48.3 Å². The van der Waals surface area contributed by atoms with Gasteiger partial charge in [-0.1, -0.05) is 19.0 Å². The van der Waals surface area contributed by atoms with Crippen LogP contribution in [0, 0.1) is 5.82 Å². The molecule has 0 unspecified atom stereocenters. The number of aryl methyl sites for hydroxylation is 1. The molecule has 0 saturated heterocycles. The highest BCUT2D eigenvalue weighted by Crippen LogP contribution is 2.16. The normalized spacial score (nSPS) is 10.8. The van der Waals surface area contributed by atoms with Crippen LogP contribution in [-0.4, -0.2) is 27.1 Å². The number of carbonyl (C=O) groups is 2. The largest absolute Gasteiger partial charge is 0.478 e. The summed E-state index contributed by atoms with van der Waals surface area (Å²) in [6.07, 6.45) is 0.278. The molecule has 0 bridgehead atoms. The lowest BCUT2D eigenvalue weighted by Gasteiger charge is -2.06. The SMILES string of the molecule is CC(C)c1noc(CCC(=O)Nc2ccc(C(=O)O)cc2F)n1. The standard InChI is InChI=1S/C15H16FN3O4/c1-8(2)14-18-13(23-19-14)6-5-12(20)17-11-4-3-9(15(21)22)7-10(11)16/h3-4,7-8H,5-6H2,1-2H3,(H,17,20)(H,21,22). The van der Waals surface area contributed by atoms with Gasteiger partial charge in [0.1, 0.15) is 5.82 Å². The molecule has 0 aliphatic heterocycles. The van der Waals surface area contributed by atoms with Crippen LogP contribution in [0.2, 0.25) is 0 Å². The van der Waals surface area contributed by atoms with Crippen LogP contribution in [-0.2, 0) is 11.2 Å². The third-order valence-electron chi connectivity index (χ3n) is 3.06. The van der Waals surface area contributed by atoms with Crippen molar-refractivity contribution in [3.63, 3.8) is 0 Å². The summed E-state index contributed by atoms with van der Waals surface area (Å²) in [6.45, 7) is 3.84. The van der Waals surface area contributed by atoms with Gasteiger partial charge in [0.25, 0.3) is 0 Å². The molecule has 0 aliphatic rings. The fourth-order valence-electron chi connectivity index (χ4n) is 1.79. The zero-order chi connectivity index (χ0) is 17.0. The summed E-state index contributed by atoms with van der Waals surface area (Å²) in [5.74, 6) is -1.45. The highest BCUT2D eigenvalue weighted by atomic mass is 19.1. The number of aromatic carboxylic acids is 1. The molecule has 23 heavy (non-hydrogen) atoms. The van der Waals surface area contributed by atoms with Crippen LogP contribution < -0.4 is 5.32 Å². The van der Waals surface area contributed by atoms with Crippen molar-refractivity contribution in [2.45, 2.75) is 32.6 Å². The number of halogens is 1. The van der Waals surface area contributed by atoms with Crippen LogP contribution in [0.25, 0.3) is 0 Å². The molecule has 0 spiro atoms. The molecule has 1 aromatic carbocycles. The van der Waals surface area contributed by atoms with E-state index in [0.717, 1.165) is 6.07 Å². The minimum absolute atomic E-state index is 0.0415. The van der Waals surface area contributed by atoms with Crippen molar-refractivity contribution in [3.05, 3.63) is 41.3 Å². The molecular formula is C15H16FN3O4. The maximum atomic E-state index is 13.7. The average molecular weight is 321 g/mol. The molecule has 0 aliphatic carbocycles. The lowest BCUT2D eigenvalue weighted by atomic mass is 10.2. The van der Waals surface area contributed by atoms with Gasteiger partial charge in [0.2, 0.25) is 11.8 Å². The number of nitrogens with one attached hydrogen (secondary N) is 1. The van der Waals surface area contributed by atoms with Gasteiger partial charge in [-0.25, -0.2) is 9.18 Å². The highest BCUT2D eigenvalue weighted by Gasteiger charge is 2.13. The van der Waals surface area contributed by atoms with E-state index in [1.165, 1.54) is 12.1 Å². The Hall–Kier alpha value is -2.77. The summed E-state index contributed by atoms with van der Waals surface area (Å²) in [7, 11) is 0. The summed E-state index contributed by atoms with van der Waals surface area (Å²) < 4.78 is 18.7. The Morgan fingerprint density at radius 2 is 2.13 bits per heavy atom. The van der Waals surface area contributed by atoms with E-state index in [9.17, 15) is 14.0 Å². The van der Waals surface area contributed by atoms with Crippen LogP contribution in [0.4, 0.5) is 10.1 Å². The number of hydrogen-bond donors (Lipinski definition) is 2. The minimum atomic E-state index is -1.24. The summed E-state index contributed by atoms with van der Waals surface area (Å²) in [6, 6.07) is 3.28. The first kappa shape index (κ1) is 16.6. The molecule has 0 atom stereocenters. The summed E-state index contributed by atoms with van der Waals surface area (Å²) >= 11 is 0. The van der Waals surface area contributed by atoms with Crippen molar-refractivity contribution in [2.75, 3.05) is 5.32 Å². The number of anilines is 1. The zero-order valence-electron chi connectivity index (χ0n) is 12.7. The van der Waals surface area contributed by atoms with Crippen LogP contribution in [0.5, 0.6) is 0 Å². The van der Waals surface area contributed by atoms with Gasteiger partial charge < -0.3 is 14.9 Å². The first-order chi connectivity index (χ1) is 10.9. The number of aromatic nitrogens is 2. The van der Waals surface area contributed by atoms with Gasteiger partial charge in [-0.3, -0.25) is 4.79 Å². The number of hydrogen-bond acceptors (Lipinski definition) is 5. The fourth-order valence-corrected chi connectivity index (χ4v) is 1.79. The first-order valence-electron chi connectivity index (χ1n) is 7.02. The molecule has 0 radical (unpaired) electrons. The molecule has 2 aromatic rings. The third-order valence-corrected chi connectivity index (χ3v) is 3.06. The van der Waals surface area contributed by atoms with Gasteiger partial charge in [-0.2, -0.15) is 4.98 Å². The predicted molar refractivity (Wildman–Crippen MR) is 78.7 cm³/mol. The van der Waals surface area contributed by atoms with Crippen LogP contribution in [0.15, 0.2) is 22.7 Å². The second-order valence-electron chi connectivity index (χ2n) is 5.25. The van der Waals surface area contributed by atoms with Gasteiger partial charge in [0, 0.05) is 18.8 Å². The molecule has 122 valence electrons. The topological polar surface area (TPSA) is 105 Å². The van der Waals surface area contributed by atoms with Crippen LogP contribution in [0.3, 0.4) is 0 Å². The number of carboxylic acids is 1. The Kier molecular flexibility index (Phi) is 5.05. The van der Waals surface area contributed by atoms with Crippen molar-refractivity contribution in [1.29, 1.82) is 0 Å². The quantitative estimate of drug-likeness (QED) is 0.847. The Bertz CT molecular complexity index is 727. The molecule has 8 heteroatoms. The van der Waals surface area contributed by atoms with Gasteiger partial charge in [-0.05, 0) is 18.2 Å². The smallest absolute Gasteiger partial charge is 0.335 e. The van der Waals surface area contributed by atoms with E-state index < -0.39 is 17.7 Å². The van der Waals surface area contributed by atoms with Crippen molar-refractivity contribution in [1.82, 2.24) is 10.1 Å². The number of carboxylic acid groups (broad SMARTS) is 1. The van der Waals surface area contributed by atoms with E-state index in [2.05, 4.69) is 15.5 Å². The Morgan fingerprint density at radius 3 is 2.70 bits per heavy atom. The van der Waals surface area contributed by atoms with E-state index in [1.54, 1.807) is 0 Å². The van der Waals surface area contributed by atoms with Crippen molar-refractivity contribution in [2.24, 2.45) is 0 Å². The number of carbonyl (C=O) groups excluding carboxylic acids is 1. The summed E-state index contributed by atoms with van der Waals surface area (Å²) in [5.41, 5.74) is -0.263. The van der Waals surface area contributed by atoms with Crippen molar-refractivity contribution < 1.29 is 23.6 Å². The number of benzene rings is 1. The third kappa shape index (κ3) is 4.35. The second kappa shape index (κ2) is 6.99. The number of nitrogens with zero attached hydrogens (tertiary/aromatic N) is 2. The summed E-state index contributed by atoms with van der Waals surface area (Å²) in [5, 5.41) is 14.9. The van der Waals surface area contributed by atoms with Gasteiger partial charge in [0.15, 0.2) is 5.82 Å². The molecule has 0 saturated carbocycles. The van der Waals surface area contributed by atoms with E-state index in [0.29, 0.717) is 11.7 Å². The zero-order valence-corrected chi connectivity index (χ0v) is 12.7. The molecule has 2 rings (SSSR count). The van der Waals surface area contributed by atoms with Gasteiger partial charge in [0.05, 0.1) is 11.3 Å². The monoisotopic (exact) mass is 321 g/mol. The lowest BCUT2D eigenvalue weighted by molar-refractivity contribution is -0.116. The van der Waals surface area contributed by atoms with Crippen LogP contribution >= 0.6 is 0 Å². The molecule has 1 heterocycles. The molecule has 0 fully saturated rings. The highest BCUT2D eigenvalue weighted by molar-refractivity contribution is 5.92. The van der Waals surface area contributed by atoms with E-state index >= 15 is 0 Å². The predicted octanol–water partition coefficient (Wildman–Crippen LogP) is 2.60.